The molecule has 0 radical (unpaired) electrons. The van der Waals surface area contributed by atoms with Gasteiger partial charge in [-0.05, 0) is 49.2 Å². The highest BCUT2D eigenvalue weighted by molar-refractivity contribution is 5.99. The van der Waals surface area contributed by atoms with E-state index in [2.05, 4.69) is 0 Å². The van der Waals surface area contributed by atoms with E-state index in [1.54, 1.807) is 7.11 Å². The molecule has 0 bridgehead atoms. The normalized spacial score (nSPS) is 16.7. The van der Waals surface area contributed by atoms with E-state index in [1.807, 2.05) is 72.4 Å². The molecule has 3 rings (SSSR count). The van der Waals surface area contributed by atoms with Gasteiger partial charge in [0.15, 0.2) is 0 Å². The summed E-state index contributed by atoms with van der Waals surface area (Å²) in [6.07, 6.45) is 2.09. The highest BCUT2D eigenvalue weighted by Crippen LogP contribution is 2.25. The van der Waals surface area contributed by atoms with Gasteiger partial charge >= 0.3 is 0 Å². The largest absolute Gasteiger partial charge is 0.497 e. The van der Waals surface area contributed by atoms with Crippen molar-refractivity contribution in [2.45, 2.75) is 12.8 Å². The molecule has 1 fully saturated rings. The number of ether oxygens (including phenoxy) is 2. The Balaban J connectivity index is 1.61. The molecule has 0 spiro atoms. The summed E-state index contributed by atoms with van der Waals surface area (Å²) < 4.78 is 11.1. The highest BCUT2D eigenvalue weighted by atomic mass is 16.5. The van der Waals surface area contributed by atoms with Gasteiger partial charge < -0.3 is 19.3 Å². The summed E-state index contributed by atoms with van der Waals surface area (Å²) in [5, 5.41) is 0. The summed E-state index contributed by atoms with van der Waals surface area (Å²) in [6.45, 7) is 2.15. The summed E-state index contributed by atoms with van der Waals surface area (Å²) in [6, 6.07) is 15.4. The number of carbonyl (C=O) groups is 1. The van der Waals surface area contributed by atoms with Gasteiger partial charge in [-0.25, -0.2) is 0 Å². The zero-order valence-corrected chi connectivity index (χ0v) is 16.4. The number of carbonyl (C=O) groups excluding carboxylic acids is 1. The van der Waals surface area contributed by atoms with Crippen LogP contribution in [0.5, 0.6) is 11.5 Å². The van der Waals surface area contributed by atoms with Crippen molar-refractivity contribution in [1.29, 1.82) is 0 Å². The van der Waals surface area contributed by atoms with Crippen molar-refractivity contribution in [2.75, 3.05) is 45.8 Å². The number of benzene rings is 2. The molecule has 1 aliphatic rings. The summed E-state index contributed by atoms with van der Waals surface area (Å²) in [5.41, 5.74) is 1.72. The fourth-order valence-corrected chi connectivity index (χ4v) is 3.49. The number of piperidine rings is 1. The molecule has 5 heteroatoms. The second kappa shape index (κ2) is 8.80. The van der Waals surface area contributed by atoms with Crippen LogP contribution >= 0.6 is 0 Å². The van der Waals surface area contributed by atoms with E-state index < -0.39 is 0 Å². The van der Waals surface area contributed by atoms with Gasteiger partial charge in [-0.3, -0.25) is 4.79 Å². The molecule has 1 saturated heterocycles. The van der Waals surface area contributed by atoms with E-state index in [-0.39, 0.29) is 5.91 Å². The molecule has 144 valence electrons. The lowest BCUT2D eigenvalue weighted by Gasteiger charge is -2.33. The third-order valence-electron chi connectivity index (χ3n) is 4.97. The third kappa shape index (κ3) is 4.73. The smallest absolute Gasteiger partial charge is 0.255 e. The fraction of sp³-hybridized carbons (Fsp3) is 0.409. The molecule has 0 N–H and O–H groups in total. The summed E-state index contributed by atoms with van der Waals surface area (Å²) >= 11 is 0. The Kier molecular flexibility index (Phi) is 6.22. The fourth-order valence-electron chi connectivity index (χ4n) is 3.49. The Morgan fingerprint density at radius 3 is 2.52 bits per heavy atom. The predicted molar refractivity (Wildman–Crippen MR) is 108 cm³/mol. The number of hydrogen-bond donors (Lipinski definition) is 0. The van der Waals surface area contributed by atoms with E-state index in [4.69, 9.17) is 9.47 Å². The van der Waals surface area contributed by atoms with E-state index >= 15 is 0 Å². The number of hydrogen-bond acceptors (Lipinski definition) is 4. The van der Waals surface area contributed by atoms with Crippen LogP contribution in [0.4, 0.5) is 5.69 Å². The van der Waals surface area contributed by atoms with Crippen LogP contribution in [0.2, 0.25) is 0 Å². The maximum atomic E-state index is 13.1. The number of amides is 1. The van der Waals surface area contributed by atoms with Crippen LogP contribution < -0.4 is 14.4 Å². The van der Waals surface area contributed by atoms with E-state index in [1.165, 1.54) is 0 Å². The van der Waals surface area contributed by atoms with Crippen LogP contribution in [0.15, 0.2) is 48.5 Å². The molecule has 5 nitrogen and oxygen atoms in total. The Morgan fingerprint density at radius 1 is 1.11 bits per heavy atom. The number of likely N-dealkylation sites (tertiary alicyclic amines) is 1. The van der Waals surface area contributed by atoms with Crippen molar-refractivity contribution in [2.24, 2.45) is 5.92 Å². The van der Waals surface area contributed by atoms with Crippen LogP contribution in [0.1, 0.15) is 23.2 Å². The van der Waals surface area contributed by atoms with Gasteiger partial charge in [0.25, 0.3) is 5.91 Å². The van der Waals surface area contributed by atoms with Crippen molar-refractivity contribution >= 4 is 11.6 Å². The highest BCUT2D eigenvalue weighted by Gasteiger charge is 2.26. The van der Waals surface area contributed by atoms with E-state index in [0.717, 1.165) is 48.7 Å². The van der Waals surface area contributed by atoms with E-state index in [0.29, 0.717) is 12.5 Å². The molecule has 1 aliphatic heterocycles. The SMILES string of the molecule is COc1ccc(OC[C@@H]2CCCN(C(=O)c3ccccc3N(C)C)C2)cc1. The Bertz CT molecular complexity index is 758. The molecule has 0 aliphatic carbocycles. The van der Waals surface area contributed by atoms with Crippen LogP contribution in [-0.4, -0.2) is 51.7 Å². The van der Waals surface area contributed by atoms with Gasteiger partial charge in [0, 0.05) is 38.8 Å². The van der Waals surface area contributed by atoms with Gasteiger partial charge in [-0.15, -0.1) is 0 Å². The molecule has 1 heterocycles. The maximum Gasteiger partial charge on any atom is 0.255 e. The molecule has 2 aromatic carbocycles. The first-order chi connectivity index (χ1) is 13.1. The average Bonchev–Trinajstić information content (AvgIpc) is 2.72. The molecular formula is C22H28N2O3. The lowest BCUT2D eigenvalue weighted by molar-refractivity contribution is 0.0634. The zero-order chi connectivity index (χ0) is 19.2. The molecule has 27 heavy (non-hydrogen) atoms. The number of rotatable bonds is 6. The molecule has 0 saturated carbocycles. The third-order valence-corrected chi connectivity index (χ3v) is 4.97. The number of para-hydroxylation sites is 1. The Morgan fingerprint density at radius 2 is 1.81 bits per heavy atom. The molecule has 1 atom stereocenters. The first-order valence-corrected chi connectivity index (χ1v) is 9.41. The van der Waals surface area contributed by atoms with Gasteiger partial charge in [-0.1, -0.05) is 12.1 Å². The standard InChI is InChI=1S/C22H28N2O3/c1-23(2)21-9-5-4-8-20(21)22(25)24-14-6-7-17(15-24)16-27-19-12-10-18(26-3)11-13-19/h4-5,8-13,17H,6-7,14-16H2,1-3H3/t17-/m1/s1. The topological polar surface area (TPSA) is 42.0 Å². The first-order valence-electron chi connectivity index (χ1n) is 9.41. The zero-order valence-electron chi connectivity index (χ0n) is 16.4. The first kappa shape index (κ1) is 19.1. The van der Waals surface area contributed by atoms with Crippen molar-refractivity contribution in [3.8, 4) is 11.5 Å². The number of anilines is 1. The molecule has 2 aromatic rings. The van der Waals surface area contributed by atoms with Gasteiger partial charge in [-0.2, -0.15) is 0 Å². The average molecular weight is 368 g/mol. The lowest BCUT2D eigenvalue weighted by atomic mass is 9.98. The van der Waals surface area contributed by atoms with Crippen molar-refractivity contribution in [3.05, 3.63) is 54.1 Å². The Hall–Kier alpha value is -2.69. The lowest BCUT2D eigenvalue weighted by Crippen LogP contribution is -2.42. The van der Waals surface area contributed by atoms with Gasteiger partial charge in [0.05, 0.1) is 19.3 Å². The summed E-state index contributed by atoms with van der Waals surface area (Å²) in [4.78, 5) is 17.0. The predicted octanol–water partition coefficient (Wildman–Crippen LogP) is 3.69. The minimum absolute atomic E-state index is 0.105. The van der Waals surface area contributed by atoms with Crippen molar-refractivity contribution in [3.63, 3.8) is 0 Å². The number of methoxy groups -OCH3 is 1. The summed E-state index contributed by atoms with van der Waals surface area (Å²) in [5.74, 6) is 2.10. The van der Waals surface area contributed by atoms with Gasteiger partial charge in [0.1, 0.15) is 11.5 Å². The van der Waals surface area contributed by atoms with Crippen molar-refractivity contribution in [1.82, 2.24) is 4.90 Å². The minimum atomic E-state index is 0.105. The number of nitrogens with zero attached hydrogens (tertiary/aromatic N) is 2. The van der Waals surface area contributed by atoms with Crippen LogP contribution in [0.3, 0.4) is 0 Å². The molecule has 0 unspecified atom stereocenters. The molecule has 1 amide bonds. The second-order valence-electron chi connectivity index (χ2n) is 7.16. The molecule has 0 aromatic heterocycles. The monoisotopic (exact) mass is 368 g/mol. The summed E-state index contributed by atoms with van der Waals surface area (Å²) in [7, 11) is 5.58. The minimum Gasteiger partial charge on any atom is -0.497 e. The molecular weight excluding hydrogens is 340 g/mol. The van der Waals surface area contributed by atoms with Crippen LogP contribution in [0.25, 0.3) is 0 Å². The Labute approximate surface area is 161 Å². The quantitative estimate of drug-likeness (QED) is 0.780. The van der Waals surface area contributed by atoms with Crippen molar-refractivity contribution < 1.29 is 14.3 Å². The maximum absolute atomic E-state index is 13.1. The van der Waals surface area contributed by atoms with E-state index in [9.17, 15) is 4.79 Å². The van der Waals surface area contributed by atoms with Crippen LogP contribution in [-0.2, 0) is 0 Å². The van der Waals surface area contributed by atoms with Gasteiger partial charge in [0.2, 0.25) is 0 Å². The second-order valence-corrected chi connectivity index (χ2v) is 7.16. The van der Waals surface area contributed by atoms with Crippen LogP contribution in [0, 0.1) is 5.92 Å².